The second kappa shape index (κ2) is 5.49. The molecule has 0 saturated carbocycles. The lowest BCUT2D eigenvalue weighted by molar-refractivity contribution is -0.142. The van der Waals surface area contributed by atoms with E-state index in [1.807, 2.05) is 6.07 Å². The Morgan fingerprint density at radius 2 is 2.33 bits per heavy atom. The molecule has 0 aliphatic heterocycles. The van der Waals surface area contributed by atoms with Crippen molar-refractivity contribution in [3.63, 3.8) is 0 Å². The molecule has 5 heteroatoms. The van der Waals surface area contributed by atoms with Gasteiger partial charge in [0.2, 0.25) is 0 Å². The number of halogens is 2. The summed E-state index contributed by atoms with van der Waals surface area (Å²) < 4.78 is 5.42. The minimum absolute atomic E-state index is 0.397. The van der Waals surface area contributed by atoms with Gasteiger partial charge in [-0.25, -0.2) is 0 Å². The quantitative estimate of drug-likeness (QED) is 0.869. The molecule has 1 unspecified atom stereocenters. The van der Waals surface area contributed by atoms with Crippen molar-refractivity contribution in [1.29, 1.82) is 0 Å². The average Bonchev–Trinajstić information content (AvgIpc) is 2.22. The lowest BCUT2D eigenvalue weighted by atomic mass is 10.1. The molecule has 82 valence electrons. The minimum Gasteiger partial charge on any atom is -0.468 e. The first-order valence-electron chi connectivity index (χ1n) is 4.32. The lowest BCUT2D eigenvalue weighted by Crippen LogP contribution is -2.33. The van der Waals surface area contributed by atoms with Crippen LogP contribution in [0.3, 0.4) is 0 Å². The zero-order chi connectivity index (χ0) is 11.4. The van der Waals surface area contributed by atoms with Gasteiger partial charge in [-0.05, 0) is 30.2 Å². The summed E-state index contributed by atoms with van der Waals surface area (Å²) in [4.78, 5) is 11.1. The smallest absolute Gasteiger partial charge is 0.322 e. The molecule has 0 amide bonds. The zero-order valence-corrected chi connectivity index (χ0v) is 10.5. The third-order valence-electron chi connectivity index (χ3n) is 1.95. The molecular weight excluding hydrogens is 281 g/mol. The van der Waals surface area contributed by atoms with Crippen LogP contribution in [0.5, 0.6) is 0 Å². The molecule has 1 atom stereocenters. The molecular formula is C10H11BrClNO2. The van der Waals surface area contributed by atoms with Gasteiger partial charge in [0.25, 0.3) is 0 Å². The van der Waals surface area contributed by atoms with Crippen LogP contribution in [0.1, 0.15) is 5.56 Å². The largest absolute Gasteiger partial charge is 0.468 e. The summed E-state index contributed by atoms with van der Waals surface area (Å²) in [5.41, 5.74) is 6.53. The number of methoxy groups -OCH3 is 1. The van der Waals surface area contributed by atoms with Gasteiger partial charge in [0.1, 0.15) is 6.04 Å². The van der Waals surface area contributed by atoms with Crippen LogP contribution in [-0.2, 0) is 16.0 Å². The standard InChI is InChI=1S/C10H11BrClNO2/c1-15-10(14)9(13)5-6-4-7(12)2-3-8(6)11/h2-4,9H,5,13H2,1H3. The first-order valence-corrected chi connectivity index (χ1v) is 5.49. The summed E-state index contributed by atoms with van der Waals surface area (Å²) in [7, 11) is 1.31. The van der Waals surface area contributed by atoms with Gasteiger partial charge in [0.05, 0.1) is 7.11 Å². The highest BCUT2D eigenvalue weighted by atomic mass is 79.9. The van der Waals surface area contributed by atoms with E-state index in [-0.39, 0.29) is 0 Å². The van der Waals surface area contributed by atoms with Gasteiger partial charge in [-0.2, -0.15) is 0 Å². The van der Waals surface area contributed by atoms with E-state index in [2.05, 4.69) is 20.7 Å². The van der Waals surface area contributed by atoms with Crippen molar-refractivity contribution >= 4 is 33.5 Å². The van der Waals surface area contributed by atoms with Crippen LogP contribution in [0.25, 0.3) is 0 Å². The number of hydrogen-bond acceptors (Lipinski definition) is 3. The molecule has 15 heavy (non-hydrogen) atoms. The second-order valence-electron chi connectivity index (χ2n) is 3.07. The zero-order valence-electron chi connectivity index (χ0n) is 8.17. The van der Waals surface area contributed by atoms with E-state index in [4.69, 9.17) is 17.3 Å². The molecule has 0 spiro atoms. The highest BCUT2D eigenvalue weighted by molar-refractivity contribution is 9.10. The number of benzene rings is 1. The Hall–Kier alpha value is -0.580. The fourth-order valence-electron chi connectivity index (χ4n) is 1.17. The van der Waals surface area contributed by atoms with E-state index < -0.39 is 12.0 Å². The molecule has 0 aliphatic rings. The molecule has 0 saturated heterocycles. The second-order valence-corrected chi connectivity index (χ2v) is 4.36. The summed E-state index contributed by atoms with van der Waals surface area (Å²) >= 11 is 9.20. The van der Waals surface area contributed by atoms with Crippen molar-refractivity contribution in [2.45, 2.75) is 12.5 Å². The van der Waals surface area contributed by atoms with Crippen molar-refractivity contribution in [1.82, 2.24) is 0 Å². The number of nitrogens with two attached hydrogens (primary N) is 1. The molecule has 2 N–H and O–H groups in total. The Morgan fingerprint density at radius 3 is 2.93 bits per heavy atom. The van der Waals surface area contributed by atoms with Gasteiger partial charge in [-0.3, -0.25) is 4.79 Å². The fraction of sp³-hybridized carbons (Fsp3) is 0.300. The van der Waals surface area contributed by atoms with Gasteiger partial charge >= 0.3 is 5.97 Å². The summed E-state index contributed by atoms with van der Waals surface area (Å²) in [5, 5.41) is 0.616. The van der Waals surface area contributed by atoms with Crippen molar-refractivity contribution in [2.24, 2.45) is 5.73 Å². The van der Waals surface area contributed by atoms with E-state index in [1.54, 1.807) is 12.1 Å². The Bertz CT molecular complexity index is 370. The van der Waals surface area contributed by atoms with Gasteiger partial charge in [0, 0.05) is 9.50 Å². The Kier molecular flexibility index (Phi) is 4.57. The highest BCUT2D eigenvalue weighted by Gasteiger charge is 2.15. The third kappa shape index (κ3) is 3.48. The van der Waals surface area contributed by atoms with E-state index in [0.717, 1.165) is 10.0 Å². The van der Waals surface area contributed by atoms with Crippen LogP contribution in [0.15, 0.2) is 22.7 Å². The molecule has 0 bridgehead atoms. The lowest BCUT2D eigenvalue weighted by Gasteiger charge is -2.10. The van der Waals surface area contributed by atoms with Crippen molar-refractivity contribution < 1.29 is 9.53 Å². The molecule has 0 fully saturated rings. The average molecular weight is 293 g/mol. The normalized spacial score (nSPS) is 12.3. The topological polar surface area (TPSA) is 52.3 Å². The van der Waals surface area contributed by atoms with Crippen LogP contribution in [0.4, 0.5) is 0 Å². The van der Waals surface area contributed by atoms with Crippen LogP contribution in [0.2, 0.25) is 5.02 Å². The first-order chi connectivity index (χ1) is 7.04. The summed E-state index contributed by atoms with van der Waals surface area (Å²) in [6.07, 6.45) is 0.397. The maximum atomic E-state index is 11.1. The molecule has 1 rings (SSSR count). The summed E-state index contributed by atoms with van der Waals surface area (Å²) in [5.74, 6) is -0.429. The molecule has 0 heterocycles. The predicted molar refractivity (Wildman–Crippen MR) is 62.8 cm³/mol. The maximum absolute atomic E-state index is 11.1. The van der Waals surface area contributed by atoms with Crippen molar-refractivity contribution in [3.8, 4) is 0 Å². The van der Waals surface area contributed by atoms with Gasteiger partial charge in [0.15, 0.2) is 0 Å². The molecule has 1 aromatic rings. The number of hydrogen-bond donors (Lipinski definition) is 1. The van der Waals surface area contributed by atoms with Crippen LogP contribution in [-0.4, -0.2) is 19.1 Å². The number of carbonyl (C=O) groups excluding carboxylic acids is 1. The maximum Gasteiger partial charge on any atom is 0.322 e. The number of ether oxygens (including phenoxy) is 1. The van der Waals surface area contributed by atoms with Crippen LogP contribution < -0.4 is 5.73 Å². The molecule has 0 radical (unpaired) electrons. The predicted octanol–water partition coefficient (Wildman–Crippen LogP) is 2.15. The van der Waals surface area contributed by atoms with Crippen LogP contribution in [0, 0.1) is 0 Å². The van der Waals surface area contributed by atoms with E-state index in [0.29, 0.717) is 11.4 Å². The Labute approximate surface area is 102 Å². The van der Waals surface area contributed by atoms with Crippen LogP contribution >= 0.6 is 27.5 Å². The fourth-order valence-corrected chi connectivity index (χ4v) is 1.77. The van der Waals surface area contributed by atoms with Crippen molar-refractivity contribution in [2.75, 3.05) is 7.11 Å². The Morgan fingerprint density at radius 1 is 1.67 bits per heavy atom. The first kappa shape index (κ1) is 12.5. The van der Waals surface area contributed by atoms with E-state index >= 15 is 0 Å². The minimum atomic E-state index is -0.662. The molecule has 3 nitrogen and oxygen atoms in total. The highest BCUT2D eigenvalue weighted by Crippen LogP contribution is 2.22. The van der Waals surface area contributed by atoms with Gasteiger partial charge in [-0.15, -0.1) is 0 Å². The van der Waals surface area contributed by atoms with E-state index in [9.17, 15) is 4.79 Å². The van der Waals surface area contributed by atoms with E-state index in [1.165, 1.54) is 7.11 Å². The monoisotopic (exact) mass is 291 g/mol. The Balaban J connectivity index is 2.80. The number of rotatable bonds is 3. The van der Waals surface area contributed by atoms with Gasteiger partial charge < -0.3 is 10.5 Å². The van der Waals surface area contributed by atoms with Gasteiger partial charge in [-0.1, -0.05) is 27.5 Å². The SMILES string of the molecule is COC(=O)C(N)Cc1cc(Cl)ccc1Br. The number of carbonyl (C=O) groups is 1. The van der Waals surface area contributed by atoms with Crippen molar-refractivity contribution in [3.05, 3.63) is 33.3 Å². The molecule has 0 aromatic heterocycles. The third-order valence-corrected chi connectivity index (χ3v) is 2.96. The molecule has 0 aliphatic carbocycles. The molecule has 1 aromatic carbocycles. The summed E-state index contributed by atoms with van der Waals surface area (Å²) in [6.45, 7) is 0. The summed E-state index contributed by atoms with van der Waals surface area (Å²) in [6, 6.07) is 4.69. The number of esters is 1.